The van der Waals surface area contributed by atoms with E-state index in [0.29, 0.717) is 22.7 Å². The highest BCUT2D eigenvalue weighted by Crippen LogP contribution is 2.35. The van der Waals surface area contributed by atoms with Gasteiger partial charge < -0.3 is 25.2 Å². The van der Waals surface area contributed by atoms with Crippen LogP contribution in [0.4, 0.5) is 5.69 Å². The Balaban J connectivity index is 1.61. The first-order valence-electron chi connectivity index (χ1n) is 8.25. The number of rotatable bonds is 5. The van der Waals surface area contributed by atoms with Crippen molar-refractivity contribution in [3.8, 4) is 11.5 Å². The second kappa shape index (κ2) is 7.89. The van der Waals surface area contributed by atoms with Gasteiger partial charge in [-0.2, -0.15) is 0 Å². The summed E-state index contributed by atoms with van der Waals surface area (Å²) in [4.78, 5) is 25.1. The van der Waals surface area contributed by atoms with Crippen molar-refractivity contribution in [1.82, 2.24) is 5.32 Å². The van der Waals surface area contributed by atoms with Gasteiger partial charge in [0.1, 0.15) is 5.60 Å². The van der Waals surface area contributed by atoms with E-state index in [1.807, 2.05) is 18.4 Å². The summed E-state index contributed by atoms with van der Waals surface area (Å²) in [6, 6.07) is 12.2. The van der Waals surface area contributed by atoms with E-state index in [1.165, 1.54) is 11.8 Å². The Hall–Kier alpha value is -2.71. The molecule has 0 aromatic heterocycles. The summed E-state index contributed by atoms with van der Waals surface area (Å²) in [5.41, 5.74) is -0.276. The van der Waals surface area contributed by atoms with Gasteiger partial charge in [-0.3, -0.25) is 9.59 Å². The SMILES string of the molecule is CSc1ccccc1NC(=O)C(=O)NC[C@@](C)(O)c1ccc2c(c1)OCO2. The minimum absolute atomic E-state index is 0.134. The quantitative estimate of drug-likeness (QED) is 0.536. The largest absolute Gasteiger partial charge is 0.454 e. The molecule has 0 saturated heterocycles. The number of nitrogens with one attached hydrogen (secondary N) is 2. The van der Waals surface area contributed by atoms with E-state index in [9.17, 15) is 14.7 Å². The molecule has 2 aromatic rings. The maximum Gasteiger partial charge on any atom is 0.313 e. The van der Waals surface area contributed by atoms with Crippen molar-refractivity contribution in [2.75, 3.05) is 24.9 Å². The normalized spacial score (nSPS) is 14.3. The summed E-state index contributed by atoms with van der Waals surface area (Å²) in [7, 11) is 0. The molecular weight excluding hydrogens is 368 g/mol. The van der Waals surface area contributed by atoms with Crippen LogP contribution in [0.3, 0.4) is 0 Å². The van der Waals surface area contributed by atoms with Gasteiger partial charge in [-0.15, -0.1) is 11.8 Å². The standard InChI is InChI=1S/C19H20N2O5S/c1-19(24,12-7-8-14-15(9-12)26-11-25-14)10-20-17(22)18(23)21-13-5-3-4-6-16(13)27-2/h3-9,24H,10-11H2,1-2H3,(H,20,22)(H,21,23)/t19-/m1/s1. The molecule has 0 unspecified atom stereocenters. The fourth-order valence-corrected chi connectivity index (χ4v) is 3.15. The molecule has 0 radical (unpaired) electrons. The molecule has 7 nitrogen and oxygen atoms in total. The highest BCUT2D eigenvalue weighted by molar-refractivity contribution is 7.98. The van der Waals surface area contributed by atoms with Crippen LogP contribution in [0, 0.1) is 0 Å². The molecule has 0 saturated carbocycles. The van der Waals surface area contributed by atoms with Crippen LogP contribution in [-0.2, 0) is 15.2 Å². The number of para-hydroxylation sites is 1. The predicted molar refractivity (Wildman–Crippen MR) is 102 cm³/mol. The Morgan fingerprint density at radius 3 is 2.67 bits per heavy atom. The van der Waals surface area contributed by atoms with Crippen molar-refractivity contribution in [3.63, 3.8) is 0 Å². The minimum atomic E-state index is -1.38. The van der Waals surface area contributed by atoms with Crippen molar-refractivity contribution < 1.29 is 24.2 Å². The molecule has 142 valence electrons. The maximum absolute atomic E-state index is 12.1. The number of aliphatic hydroxyl groups is 1. The number of thioether (sulfide) groups is 1. The summed E-state index contributed by atoms with van der Waals surface area (Å²) >= 11 is 1.47. The van der Waals surface area contributed by atoms with Gasteiger partial charge in [-0.1, -0.05) is 18.2 Å². The number of carbonyl (C=O) groups excluding carboxylic acids is 2. The molecular formula is C19H20N2O5S. The number of benzene rings is 2. The molecule has 3 N–H and O–H groups in total. The molecule has 1 aliphatic rings. The zero-order valence-corrected chi connectivity index (χ0v) is 15.8. The van der Waals surface area contributed by atoms with Crippen molar-refractivity contribution >= 4 is 29.3 Å². The third kappa shape index (κ3) is 4.35. The average Bonchev–Trinajstić information content (AvgIpc) is 3.14. The van der Waals surface area contributed by atoms with Crippen LogP contribution >= 0.6 is 11.8 Å². The van der Waals surface area contributed by atoms with Crippen LogP contribution in [0.5, 0.6) is 11.5 Å². The van der Waals surface area contributed by atoms with Crippen LogP contribution in [-0.4, -0.2) is 36.5 Å². The van der Waals surface area contributed by atoms with Crippen LogP contribution in [0.2, 0.25) is 0 Å². The molecule has 2 aromatic carbocycles. The monoisotopic (exact) mass is 388 g/mol. The first-order chi connectivity index (χ1) is 12.9. The van der Waals surface area contributed by atoms with E-state index >= 15 is 0 Å². The molecule has 0 fully saturated rings. The van der Waals surface area contributed by atoms with Crippen molar-refractivity contribution in [2.24, 2.45) is 0 Å². The second-order valence-corrected chi connectivity index (χ2v) is 7.03. The second-order valence-electron chi connectivity index (χ2n) is 6.18. The number of hydrogen-bond acceptors (Lipinski definition) is 6. The summed E-state index contributed by atoms with van der Waals surface area (Å²) in [5, 5.41) is 15.7. The molecule has 2 amide bonds. The Bertz CT molecular complexity index is 869. The van der Waals surface area contributed by atoms with Crippen molar-refractivity contribution in [3.05, 3.63) is 48.0 Å². The first-order valence-corrected chi connectivity index (χ1v) is 9.48. The lowest BCUT2D eigenvalue weighted by atomic mass is 9.95. The molecule has 0 bridgehead atoms. The smallest absolute Gasteiger partial charge is 0.313 e. The fraction of sp³-hybridized carbons (Fsp3) is 0.263. The fourth-order valence-electron chi connectivity index (χ4n) is 2.59. The maximum atomic E-state index is 12.1. The highest BCUT2D eigenvalue weighted by atomic mass is 32.2. The van der Waals surface area contributed by atoms with Crippen molar-refractivity contribution in [1.29, 1.82) is 0 Å². The molecule has 3 rings (SSSR count). The Morgan fingerprint density at radius 2 is 1.89 bits per heavy atom. The van der Waals surface area contributed by atoms with Gasteiger partial charge in [0, 0.05) is 4.90 Å². The van der Waals surface area contributed by atoms with Gasteiger partial charge in [-0.25, -0.2) is 0 Å². The van der Waals surface area contributed by atoms with Gasteiger partial charge in [0.2, 0.25) is 6.79 Å². The third-order valence-corrected chi connectivity index (χ3v) is 4.94. The first kappa shape index (κ1) is 19.1. The Labute approximate surface area is 161 Å². The lowest BCUT2D eigenvalue weighted by Crippen LogP contribution is -2.43. The molecule has 8 heteroatoms. The summed E-state index contributed by atoms with van der Waals surface area (Å²) in [6.07, 6.45) is 1.88. The van der Waals surface area contributed by atoms with Gasteiger partial charge in [0.15, 0.2) is 11.5 Å². The van der Waals surface area contributed by atoms with E-state index in [2.05, 4.69) is 10.6 Å². The van der Waals surface area contributed by atoms with Gasteiger partial charge in [0.05, 0.1) is 12.2 Å². The molecule has 27 heavy (non-hydrogen) atoms. The molecule has 0 aliphatic carbocycles. The number of ether oxygens (including phenoxy) is 2. The van der Waals surface area contributed by atoms with Crippen LogP contribution in [0.25, 0.3) is 0 Å². The summed E-state index contributed by atoms with van der Waals surface area (Å²) in [6.45, 7) is 1.55. The topological polar surface area (TPSA) is 96.9 Å². The van der Waals surface area contributed by atoms with E-state index in [4.69, 9.17) is 9.47 Å². The lowest BCUT2D eigenvalue weighted by Gasteiger charge is -2.24. The number of carbonyl (C=O) groups is 2. The molecule has 0 spiro atoms. The third-order valence-electron chi connectivity index (χ3n) is 4.15. The van der Waals surface area contributed by atoms with Crippen molar-refractivity contribution in [2.45, 2.75) is 17.4 Å². The molecule has 1 atom stereocenters. The Morgan fingerprint density at radius 1 is 1.15 bits per heavy atom. The minimum Gasteiger partial charge on any atom is -0.454 e. The molecule has 1 heterocycles. The Kier molecular flexibility index (Phi) is 5.57. The van der Waals surface area contributed by atoms with Gasteiger partial charge >= 0.3 is 11.8 Å². The van der Waals surface area contributed by atoms with E-state index in [0.717, 1.165) is 4.90 Å². The zero-order valence-electron chi connectivity index (χ0n) is 14.9. The predicted octanol–water partition coefficient (Wildman–Crippen LogP) is 2.10. The number of fused-ring (bicyclic) bond motifs is 1. The lowest BCUT2D eigenvalue weighted by molar-refractivity contribution is -0.136. The summed E-state index contributed by atoms with van der Waals surface area (Å²) in [5.74, 6) is -0.485. The van der Waals surface area contributed by atoms with Gasteiger partial charge in [0.25, 0.3) is 0 Å². The number of anilines is 1. The van der Waals surface area contributed by atoms with E-state index < -0.39 is 17.4 Å². The van der Waals surface area contributed by atoms with E-state index in [1.54, 1.807) is 37.3 Å². The van der Waals surface area contributed by atoms with E-state index in [-0.39, 0.29) is 13.3 Å². The average molecular weight is 388 g/mol. The van der Waals surface area contributed by atoms with Gasteiger partial charge in [-0.05, 0) is 43.0 Å². The van der Waals surface area contributed by atoms with Crippen LogP contribution in [0.15, 0.2) is 47.4 Å². The summed E-state index contributed by atoms with van der Waals surface area (Å²) < 4.78 is 10.5. The van der Waals surface area contributed by atoms with Crippen LogP contribution in [0.1, 0.15) is 12.5 Å². The molecule has 1 aliphatic heterocycles. The number of amides is 2. The zero-order chi connectivity index (χ0) is 19.4. The number of hydrogen-bond donors (Lipinski definition) is 3. The highest BCUT2D eigenvalue weighted by Gasteiger charge is 2.28. The van der Waals surface area contributed by atoms with Crippen LogP contribution < -0.4 is 20.1 Å².